The summed E-state index contributed by atoms with van der Waals surface area (Å²) in [4.78, 5) is 14.3. The summed E-state index contributed by atoms with van der Waals surface area (Å²) in [5, 5.41) is 17.5. The Kier molecular flexibility index (Phi) is 8.32. The minimum Gasteiger partial charge on any atom is -0.370 e. The van der Waals surface area contributed by atoms with Gasteiger partial charge in [-0.05, 0) is 30.0 Å². The van der Waals surface area contributed by atoms with E-state index in [9.17, 15) is 10.1 Å². The fraction of sp³-hybridized carbons (Fsp3) is 0.375. The Balaban J connectivity index is 0.00000312. The van der Waals surface area contributed by atoms with Gasteiger partial charge in [-0.2, -0.15) is 5.10 Å². The smallest absolute Gasteiger partial charge is 0.306 e. The lowest BCUT2D eigenvalue weighted by Crippen LogP contribution is -2.23. The van der Waals surface area contributed by atoms with Gasteiger partial charge in [-0.25, -0.2) is 0 Å². The Morgan fingerprint density at radius 3 is 2.68 bits per heavy atom. The zero-order valence-electron chi connectivity index (χ0n) is 14.3. The van der Waals surface area contributed by atoms with Gasteiger partial charge in [0, 0.05) is 5.69 Å². The van der Waals surface area contributed by atoms with Crippen molar-refractivity contribution in [1.29, 1.82) is 0 Å². The molecule has 1 unspecified atom stereocenters. The van der Waals surface area contributed by atoms with Crippen LogP contribution in [0.15, 0.2) is 41.7 Å². The number of nitrogens with zero attached hydrogens (tertiary/aromatic N) is 4. The quantitative estimate of drug-likeness (QED) is 0.217. The molecule has 1 atom stereocenters. The second-order valence-electron chi connectivity index (χ2n) is 5.54. The Hall–Kier alpha value is -2.17. The van der Waals surface area contributed by atoms with Crippen molar-refractivity contribution in [3.63, 3.8) is 0 Å². The number of nitrogens with one attached hydrogen (secondary N) is 1. The Bertz CT molecular complexity index is 714. The average molecular weight is 458 g/mol. The SMILES string of the molecule is CCC(C)c1ccc(NC(N)=NCCn2cc([N+](=O)[O-])cn2)cc1.I. The van der Waals surface area contributed by atoms with Crippen molar-refractivity contribution < 1.29 is 4.92 Å². The summed E-state index contributed by atoms with van der Waals surface area (Å²) in [5.74, 6) is 0.830. The lowest BCUT2D eigenvalue weighted by molar-refractivity contribution is -0.385. The summed E-state index contributed by atoms with van der Waals surface area (Å²) in [6.45, 7) is 5.15. The van der Waals surface area contributed by atoms with Crippen molar-refractivity contribution in [2.75, 3.05) is 11.9 Å². The van der Waals surface area contributed by atoms with Crippen LogP contribution in [0, 0.1) is 10.1 Å². The molecular formula is C16H23IN6O2. The molecule has 0 aliphatic heterocycles. The first kappa shape index (κ1) is 20.9. The topological polar surface area (TPSA) is 111 Å². The molecule has 25 heavy (non-hydrogen) atoms. The van der Waals surface area contributed by atoms with Gasteiger partial charge in [0.05, 0.1) is 18.0 Å². The third-order valence-corrected chi connectivity index (χ3v) is 3.81. The molecule has 0 saturated heterocycles. The molecule has 0 amide bonds. The molecule has 1 heterocycles. The van der Waals surface area contributed by atoms with Gasteiger partial charge in [-0.1, -0.05) is 26.0 Å². The maximum absolute atomic E-state index is 10.6. The van der Waals surface area contributed by atoms with E-state index in [1.807, 2.05) is 12.1 Å². The molecule has 0 radical (unpaired) electrons. The highest BCUT2D eigenvalue weighted by Crippen LogP contribution is 2.20. The van der Waals surface area contributed by atoms with Crippen molar-refractivity contribution >= 4 is 41.3 Å². The van der Waals surface area contributed by atoms with E-state index in [-0.39, 0.29) is 29.7 Å². The number of guanidine groups is 1. The molecule has 1 aromatic heterocycles. The second-order valence-corrected chi connectivity index (χ2v) is 5.54. The number of aromatic nitrogens is 2. The molecule has 0 spiro atoms. The van der Waals surface area contributed by atoms with Crippen LogP contribution in [-0.2, 0) is 6.54 Å². The van der Waals surface area contributed by atoms with Crippen LogP contribution in [0.5, 0.6) is 0 Å². The Morgan fingerprint density at radius 2 is 2.12 bits per heavy atom. The van der Waals surface area contributed by atoms with E-state index in [2.05, 4.69) is 41.4 Å². The molecule has 2 rings (SSSR count). The van der Waals surface area contributed by atoms with Gasteiger partial charge in [0.15, 0.2) is 5.96 Å². The average Bonchev–Trinajstić information content (AvgIpc) is 3.04. The molecule has 9 heteroatoms. The monoisotopic (exact) mass is 458 g/mol. The zero-order valence-corrected chi connectivity index (χ0v) is 16.6. The fourth-order valence-electron chi connectivity index (χ4n) is 2.16. The number of rotatable bonds is 7. The number of hydrogen-bond donors (Lipinski definition) is 2. The molecule has 2 aromatic rings. The van der Waals surface area contributed by atoms with Crippen molar-refractivity contribution in [2.45, 2.75) is 32.7 Å². The molecule has 8 nitrogen and oxygen atoms in total. The van der Waals surface area contributed by atoms with Crippen molar-refractivity contribution in [1.82, 2.24) is 9.78 Å². The molecule has 1 aromatic carbocycles. The van der Waals surface area contributed by atoms with E-state index < -0.39 is 4.92 Å². The van der Waals surface area contributed by atoms with E-state index >= 15 is 0 Å². The first-order chi connectivity index (χ1) is 11.5. The summed E-state index contributed by atoms with van der Waals surface area (Å²) in [5.41, 5.74) is 7.98. The summed E-state index contributed by atoms with van der Waals surface area (Å²) in [6, 6.07) is 8.10. The molecule has 3 N–H and O–H groups in total. The summed E-state index contributed by atoms with van der Waals surface area (Å²) in [6.07, 6.45) is 3.68. The Morgan fingerprint density at radius 1 is 1.44 bits per heavy atom. The van der Waals surface area contributed by atoms with E-state index in [1.165, 1.54) is 22.6 Å². The van der Waals surface area contributed by atoms with Crippen molar-refractivity contribution in [3.8, 4) is 0 Å². The highest BCUT2D eigenvalue weighted by atomic mass is 127. The predicted octanol–water partition coefficient (Wildman–Crippen LogP) is 3.35. The van der Waals surface area contributed by atoms with Crippen LogP contribution in [0.25, 0.3) is 0 Å². The van der Waals surface area contributed by atoms with Gasteiger partial charge in [-0.3, -0.25) is 19.8 Å². The highest BCUT2D eigenvalue weighted by molar-refractivity contribution is 14.0. The van der Waals surface area contributed by atoms with Crippen LogP contribution in [0.4, 0.5) is 11.4 Å². The van der Waals surface area contributed by atoms with Crippen LogP contribution < -0.4 is 11.1 Å². The minimum atomic E-state index is -0.480. The number of hydrogen-bond acceptors (Lipinski definition) is 4. The van der Waals surface area contributed by atoms with Gasteiger partial charge in [0.1, 0.15) is 12.4 Å². The van der Waals surface area contributed by atoms with Gasteiger partial charge in [0.25, 0.3) is 0 Å². The van der Waals surface area contributed by atoms with Gasteiger partial charge in [-0.15, -0.1) is 24.0 Å². The highest BCUT2D eigenvalue weighted by Gasteiger charge is 2.08. The largest absolute Gasteiger partial charge is 0.370 e. The maximum Gasteiger partial charge on any atom is 0.306 e. The third-order valence-electron chi connectivity index (χ3n) is 3.81. The molecule has 0 bridgehead atoms. The van der Waals surface area contributed by atoms with Gasteiger partial charge >= 0.3 is 5.69 Å². The van der Waals surface area contributed by atoms with Crippen LogP contribution >= 0.6 is 24.0 Å². The van der Waals surface area contributed by atoms with E-state index in [4.69, 9.17) is 5.73 Å². The second kappa shape index (κ2) is 9.97. The van der Waals surface area contributed by atoms with Crippen LogP contribution in [0.1, 0.15) is 31.7 Å². The number of halogens is 1. The number of benzene rings is 1. The zero-order chi connectivity index (χ0) is 17.5. The summed E-state index contributed by atoms with van der Waals surface area (Å²) < 4.78 is 1.47. The standard InChI is InChI=1S/C16H22N6O2.HI/c1-3-12(2)13-4-6-14(7-5-13)20-16(17)18-8-9-21-11-15(10-19-21)22(23)24;/h4-7,10-12H,3,8-9H2,1-2H3,(H3,17,18,20);1H. The molecule has 0 fully saturated rings. The minimum absolute atomic E-state index is 0. The first-order valence-corrected chi connectivity index (χ1v) is 7.83. The van der Waals surface area contributed by atoms with E-state index in [0.29, 0.717) is 25.0 Å². The first-order valence-electron chi connectivity index (χ1n) is 7.83. The van der Waals surface area contributed by atoms with E-state index in [0.717, 1.165) is 12.1 Å². The van der Waals surface area contributed by atoms with Gasteiger partial charge in [0.2, 0.25) is 0 Å². The van der Waals surface area contributed by atoms with E-state index in [1.54, 1.807) is 0 Å². The van der Waals surface area contributed by atoms with Crippen LogP contribution in [0.2, 0.25) is 0 Å². The number of nitro groups is 1. The van der Waals surface area contributed by atoms with Crippen molar-refractivity contribution in [3.05, 3.63) is 52.3 Å². The lowest BCUT2D eigenvalue weighted by atomic mass is 9.99. The lowest BCUT2D eigenvalue weighted by Gasteiger charge is -2.10. The van der Waals surface area contributed by atoms with Crippen LogP contribution in [0.3, 0.4) is 0 Å². The summed E-state index contributed by atoms with van der Waals surface area (Å²) >= 11 is 0. The number of aliphatic imine (C=N–C) groups is 1. The molecule has 136 valence electrons. The normalized spacial score (nSPS) is 12.3. The molecule has 0 aliphatic carbocycles. The molecule has 0 aliphatic rings. The summed E-state index contributed by atoms with van der Waals surface area (Å²) in [7, 11) is 0. The number of nitrogens with two attached hydrogens (primary N) is 1. The molecule has 0 saturated carbocycles. The van der Waals surface area contributed by atoms with Crippen LogP contribution in [-0.4, -0.2) is 27.2 Å². The third kappa shape index (κ3) is 6.33. The predicted molar refractivity (Wildman–Crippen MR) is 110 cm³/mol. The van der Waals surface area contributed by atoms with Gasteiger partial charge < -0.3 is 11.1 Å². The Labute approximate surface area is 163 Å². The molecular weight excluding hydrogens is 435 g/mol. The fourth-order valence-corrected chi connectivity index (χ4v) is 2.16. The maximum atomic E-state index is 10.6. The number of anilines is 1. The van der Waals surface area contributed by atoms with Crippen molar-refractivity contribution in [2.24, 2.45) is 10.7 Å².